The van der Waals surface area contributed by atoms with Crippen LogP contribution >= 0.6 is 31.9 Å². The molecule has 0 amide bonds. The first-order valence-corrected chi connectivity index (χ1v) is 12.4. The Kier molecular flexibility index (Phi) is 21.1. The molecule has 0 spiro atoms. The van der Waals surface area contributed by atoms with E-state index in [1.54, 1.807) is 0 Å². The first-order valence-electron chi connectivity index (χ1n) is 10.1. The van der Waals surface area contributed by atoms with Crippen LogP contribution in [0.1, 0.15) is 89.9 Å². The molecular formula is C20H36Br2O4. The third kappa shape index (κ3) is 20.2. The SMILES string of the molecule is O=C(CCCCC(=O)OCCCCCCCBr)OCCCCCCCBr. The molecule has 0 aromatic carbocycles. The van der Waals surface area contributed by atoms with Crippen LogP contribution in [-0.2, 0) is 19.1 Å². The molecular weight excluding hydrogens is 464 g/mol. The largest absolute Gasteiger partial charge is 0.466 e. The third-order valence-electron chi connectivity index (χ3n) is 4.09. The molecule has 0 unspecified atom stereocenters. The zero-order chi connectivity index (χ0) is 19.3. The molecule has 0 saturated carbocycles. The summed E-state index contributed by atoms with van der Waals surface area (Å²) in [4.78, 5) is 23.2. The Labute approximate surface area is 176 Å². The van der Waals surface area contributed by atoms with Gasteiger partial charge in [0.15, 0.2) is 0 Å². The van der Waals surface area contributed by atoms with E-state index >= 15 is 0 Å². The van der Waals surface area contributed by atoms with Crippen LogP contribution in [-0.4, -0.2) is 35.8 Å². The number of hydrogen-bond acceptors (Lipinski definition) is 4. The quantitative estimate of drug-likeness (QED) is 0.118. The summed E-state index contributed by atoms with van der Waals surface area (Å²) in [5, 5.41) is 2.13. The number of alkyl halides is 2. The third-order valence-corrected chi connectivity index (χ3v) is 5.22. The van der Waals surface area contributed by atoms with Gasteiger partial charge in [0, 0.05) is 23.5 Å². The molecule has 4 nitrogen and oxygen atoms in total. The molecule has 0 aromatic heterocycles. The van der Waals surface area contributed by atoms with Gasteiger partial charge in [-0.2, -0.15) is 0 Å². The van der Waals surface area contributed by atoms with Crippen LogP contribution in [0, 0.1) is 0 Å². The van der Waals surface area contributed by atoms with Crippen molar-refractivity contribution in [1.29, 1.82) is 0 Å². The van der Waals surface area contributed by atoms with Crippen LogP contribution in [0.15, 0.2) is 0 Å². The lowest BCUT2D eigenvalue weighted by Crippen LogP contribution is -2.08. The molecule has 0 saturated heterocycles. The number of hydrogen-bond donors (Lipinski definition) is 0. The maximum Gasteiger partial charge on any atom is 0.305 e. The summed E-state index contributed by atoms with van der Waals surface area (Å²) in [6, 6.07) is 0. The molecule has 0 atom stereocenters. The second-order valence-electron chi connectivity index (χ2n) is 6.56. The van der Waals surface area contributed by atoms with E-state index in [1.165, 1.54) is 38.5 Å². The van der Waals surface area contributed by atoms with Gasteiger partial charge in [-0.25, -0.2) is 0 Å². The lowest BCUT2D eigenvalue weighted by molar-refractivity contribution is -0.146. The van der Waals surface area contributed by atoms with E-state index in [2.05, 4.69) is 31.9 Å². The molecule has 0 fully saturated rings. The molecule has 154 valence electrons. The Balaban J connectivity index is 3.31. The van der Waals surface area contributed by atoms with Gasteiger partial charge in [-0.3, -0.25) is 9.59 Å². The normalized spacial score (nSPS) is 10.7. The summed E-state index contributed by atoms with van der Waals surface area (Å²) < 4.78 is 10.4. The molecule has 26 heavy (non-hydrogen) atoms. The van der Waals surface area contributed by atoms with Crippen molar-refractivity contribution in [2.24, 2.45) is 0 Å². The highest BCUT2D eigenvalue weighted by Gasteiger charge is 2.06. The number of esters is 2. The van der Waals surface area contributed by atoms with Crippen molar-refractivity contribution in [2.45, 2.75) is 89.9 Å². The van der Waals surface area contributed by atoms with E-state index in [0.717, 1.165) is 36.3 Å². The lowest BCUT2D eigenvalue weighted by atomic mass is 10.1. The Hall–Kier alpha value is -0.100. The second-order valence-corrected chi connectivity index (χ2v) is 8.15. The van der Waals surface area contributed by atoms with E-state index in [-0.39, 0.29) is 11.9 Å². The smallest absolute Gasteiger partial charge is 0.305 e. The number of carbonyl (C=O) groups excluding carboxylic acids is 2. The first-order chi connectivity index (χ1) is 12.7. The summed E-state index contributed by atoms with van der Waals surface area (Å²) in [6.07, 6.45) is 13.5. The predicted octanol–water partition coefficient (Wildman–Crippen LogP) is 6.32. The van der Waals surface area contributed by atoms with Gasteiger partial charge < -0.3 is 9.47 Å². The van der Waals surface area contributed by atoms with Crippen LogP contribution < -0.4 is 0 Å². The van der Waals surface area contributed by atoms with E-state index in [9.17, 15) is 9.59 Å². The Bertz CT molecular complexity index is 306. The molecule has 0 rings (SSSR count). The summed E-state index contributed by atoms with van der Waals surface area (Å²) in [7, 11) is 0. The van der Waals surface area contributed by atoms with Crippen molar-refractivity contribution in [3.8, 4) is 0 Å². The Morgan fingerprint density at radius 1 is 0.500 bits per heavy atom. The molecule has 6 heteroatoms. The van der Waals surface area contributed by atoms with Crippen molar-refractivity contribution in [2.75, 3.05) is 23.9 Å². The average Bonchev–Trinajstić information content (AvgIpc) is 2.64. The first kappa shape index (κ1) is 25.9. The Morgan fingerprint density at radius 2 is 0.846 bits per heavy atom. The van der Waals surface area contributed by atoms with Gasteiger partial charge in [-0.1, -0.05) is 70.4 Å². The fourth-order valence-electron chi connectivity index (χ4n) is 2.51. The van der Waals surface area contributed by atoms with Gasteiger partial charge in [0.05, 0.1) is 13.2 Å². The molecule has 0 aliphatic heterocycles. The number of rotatable bonds is 19. The fraction of sp³-hybridized carbons (Fsp3) is 0.900. The minimum atomic E-state index is -0.151. The highest BCUT2D eigenvalue weighted by molar-refractivity contribution is 9.09. The van der Waals surface area contributed by atoms with Crippen molar-refractivity contribution < 1.29 is 19.1 Å². The van der Waals surface area contributed by atoms with Crippen LogP contribution in [0.5, 0.6) is 0 Å². The average molecular weight is 500 g/mol. The summed E-state index contributed by atoms with van der Waals surface area (Å²) in [5.74, 6) is -0.301. The number of carbonyl (C=O) groups is 2. The Morgan fingerprint density at radius 3 is 1.23 bits per heavy atom. The van der Waals surface area contributed by atoms with Crippen molar-refractivity contribution in [3.63, 3.8) is 0 Å². The van der Waals surface area contributed by atoms with Crippen LogP contribution in [0.4, 0.5) is 0 Å². The van der Waals surface area contributed by atoms with Gasteiger partial charge in [-0.15, -0.1) is 0 Å². The van der Waals surface area contributed by atoms with E-state index in [4.69, 9.17) is 9.47 Å². The van der Waals surface area contributed by atoms with Gasteiger partial charge >= 0.3 is 11.9 Å². The standard InChI is InChI=1S/C20H36Br2O4/c21-15-9-3-1-5-11-17-25-19(23)13-7-8-14-20(24)26-18-12-6-2-4-10-16-22/h1-18H2. The second kappa shape index (κ2) is 21.2. The molecule has 0 bridgehead atoms. The maximum atomic E-state index is 11.6. The summed E-state index contributed by atoms with van der Waals surface area (Å²) >= 11 is 6.83. The lowest BCUT2D eigenvalue weighted by Gasteiger charge is -2.06. The minimum Gasteiger partial charge on any atom is -0.466 e. The summed E-state index contributed by atoms with van der Waals surface area (Å²) in [6.45, 7) is 1.04. The molecule has 0 aromatic rings. The van der Waals surface area contributed by atoms with Crippen LogP contribution in [0.3, 0.4) is 0 Å². The fourth-order valence-corrected chi connectivity index (χ4v) is 3.30. The van der Waals surface area contributed by atoms with Gasteiger partial charge in [0.25, 0.3) is 0 Å². The van der Waals surface area contributed by atoms with E-state index in [0.29, 0.717) is 38.9 Å². The van der Waals surface area contributed by atoms with Crippen LogP contribution in [0.2, 0.25) is 0 Å². The molecule has 0 N–H and O–H groups in total. The van der Waals surface area contributed by atoms with Gasteiger partial charge in [0.1, 0.15) is 0 Å². The van der Waals surface area contributed by atoms with Gasteiger partial charge in [0.2, 0.25) is 0 Å². The zero-order valence-electron chi connectivity index (χ0n) is 16.1. The zero-order valence-corrected chi connectivity index (χ0v) is 19.3. The number of halogens is 2. The van der Waals surface area contributed by atoms with Crippen molar-refractivity contribution in [3.05, 3.63) is 0 Å². The molecule has 0 radical (unpaired) electrons. The highest BCUT2D eigenvalue weighted by atomic mass is 79.9. The van der Waals surface area contributed by atoms with E-state index < -0.39 is 0 Å². The van der Waals surface area contributed by atoms with Crippen molar-refractivity contribution >= 4 is 43.8 Å². The molecule has 0 aliphatic carbocycles. The predicted molar refractivity (Wildman–Crippen MR) is 114 cm³/mol. The minimum absolute atomic E-state index is 0.151. The molecule has 0 aliphatic rings. The number of unbranched alkanes of at least 4 members (excludes halogenated alkanes) is 9. The maximum absolute atomic E-state index is 11.6. The number of ether oxygens (including phenoxy) is 2. The highest BCUT2D eigenvalue weighted by Crippen LogP contribution is 2.08. The van der Waals surface area contributed by atoms with Gasteiger partial charge in [-0.05, 0) is 38.5 Å². The topological polar surface area (TPSA) is 52.6 Å². The summed E-state index contributed by atoms with van der Waals surface area (Å²) in [5.41, 5.74) is 0. The van der Waals surface area contributed by atoms with E-state index in [1.807, 2.05) is 0 Å². The molecule has 0 heterocycles. The van der Waals surface area contributed by atoms with Crippen LogP contribution in [0.25, 0.3) is 0 Å². The monoisotopic (exact) mass is 498 g/mol. The van der Waals surface area contributed by atoms with Crippen molar-refractivity contribution in [1.82, 2.24) is 0 Å².